The Hall–Kier alpha value is -1.50. The molecular weight excluding hydrogens is 412 g/mol. The van der Waals surface area contributed by atoms with Crippen LogP contribution in [0, 0.1) is 0 Å². The lowest BCUT2D eigenvalue weighted by atomic mass is 10.0. The van der Waals surface area contributed by atoms with E-state index in [9.17, 15) is 8.42 Å². The minimum atomic E-state index is -2.96. The number of nitrogens with zero attached hydrogens (tertiary/aromatic N) is 2. The number of anilines is 1. The maximum Gasteiger partial charge on any atom is 0.164 e. The zero-order valence-electron chi connectivity index (χ0n) is 15.9. The molecule has 2 aliphatic rings. The lowest BCUT2D eigenvalue weighted by Crippen LogP contribution is -2.28. The summed E-state index contributed by atoms with van der Waals surface area (Å²) in [6, 6.07) is 16.2. The Kier molecular flexibility index (Phi) is 5.47. The summed E-state index contributed by atoms with van der Waals surface area (Å²) in [5.74, 6) is 0.844. The van der Waals surface area contributed by atoms with Crippen LogP contribution in [-0.2, 0) is 16.4 Å². The third-order valence-electron chi connectivity index (χ3n) is 5.14. The van der Waals surface area contributed by atoms with Crippen LogP contribution in [0.15, 0.2) is 53.5 Å². The maximum atomic E-state index is 11.9. The molecule has 0 bridgehead atoms. The van der Waals surface area contributed by atoms with Crippen molar-refractivity contribution in [3.05, 3.63) is 64.7 Å². The molecule has 7 heteroatoms. The van der Waals surface area contributed by atoms with Gasteiger partial charge >= 0.3 is 0 Å². The van der Waals surface area contributed by atoms with E-state index in [2.05, 4.69) is 43.0 Å². The van der Waals surface area contributed by atoms with Crippen molar-refractivity contribution in [2.24, 2.45) is 4.99 Å². The summed E-state index contributed by atoms with van der Waals surface area (Å²) in [6.07, 6.45) is 0. The molecule has 2 aromatic rings. The molecule has 0 spiro atoms. The highest BCUT2D eigenvalue weighted by atomic mass is 35.5. The zero-order valence-corrected chi connectivity index (χ0v) is 18.3. The normalized spacial score (nSPS) is 22.9. The maximum absolute atomic E-state index is 11.9. The van der Waals surface area contributed by atoms with Crippen LogP contribution in [0.4, 0.5) is 5.69 Å². The van der Waals surface area contributed by atoms with Crippen LogP contribution in [0.3, 0.4) is 0 Å². The van der Waals surface area contributed by atoms with E-state index in [-0.39, 0.29) is 22.8 Å². The van der Waals surface area contributed by atoms with Gasteiger partial charge in [0.2, 0.25) is 0 Å². The molecule has 4 nitrogen and oxygen atoms in total. The second-order valence-corrected chi connectivity index (χ2v) is 11.5. The van der Waals surface area contributed by atoms with Crippen molar-refractivity contribution in [3.8, 4) is 0 Å². The quantitative estimate of drug-likeness (QED) is 0.697. The van der Waals surface area contributed by atoms with Gasteiger partial charge in [-0.2, -0.15) is 0 Å². The summed E-state index contributed by atoms with van der Waals surface area (Å²) in [7, 11) is -2.96. The van der Waals surface area contributed by atoms with Crippen LogP contribution in [0.1, 0.15) is 30.9 Å². The number of halogens is 1. The summed E-state index contributed by atoms with van der Waals surface area (Å²) in [5, 5.41) is 1.62. The number of hydrogen-bond donors (Lipinski definition) is 0. The predicted molar refractivity (Wildman–Crippen MR) is 119 cm³/mol. The van der Waals surface area contributed by atoms with Crippen molar-refractivity contribution in [3.63, 3.8) is 0 Å². The molecule has 1 saturated heterocycles. The predicted octanol–water partition coefficient (Wildman–Crippen LogP) is 4.74. The van der Waals surface area contributed by atoms with Gasteiger partial charge in [-0.1, -0.05) is 61.5 Å². The van der Waals surface area contributed by atoms with Crippen molar-refractivity contribution in [2.45, 2.75) is 37.6 Å². The smallest absolute Gasteiger partial charge is 0.164 e. The number of benzene rings is 2. The molecule has 0 unspecified atom stereocenters. The molecule has 0 amide bonds. The third-order valence-corrected chi connectivity index (χ3v) is 8.62. The van der Waals surface area contributed by atoms with Gasteiger partial charge in [0.15, 0.2) is 15.0 Å². The summed E-state index contributed by atoms with van der Waals surface area (Å²) >= 11 is 7.76. The van der Waals surface area contributed by atoms with Gasteiger partial charge < -0.3 is 4.90 Å². The van der Waals surface area contributed by atoms with Crippen LogP contribution in [-0.4, -0.2) is 36.4 Å². The van der Waals surface area contributed by atoms with Gasteiger partial charge in [0.25, 0.3) is 0 Å². The molecule has 2 aromatic carbocycles. The molecule has 28 heavy (non-hydrogen) atoms. The number of aliphatic imine (C=N–C) groups is 1. The fourth-order valence-corrected chi connectivity index (χ4v) is 7.59. The highest BCUT2D eigenvalue weighted by Gasteiger charge is 2.44. The molecule has 2 heterocycles. The van der Waals surface area contributed by atoms with E-state index in [1.54, 1.807) is 11.8 Å². The number of fused-ring (bicyclic) bond motifs is 1. The van der Waals surface area contributed by atoms with Crippen LogP contribution in [0.5, 0.6) is 0 Å². The highest BCUT2D eigenvalue weighted by Crippen LogP contribution is 2.37. The van der Waals surface area contributed by atoms with Gasteiger partial charge in [0.05, 0.1) is 24.1 Å². The van der Waals surface area contributed by atoms with Crippen molar-refractivity contribution >= 4 is 44.1 Å². The van der Waals surface area contributed by atoms with E-state index in [1.807, 2.05) is 24.3 Å². The topological polar surface area (TPSA) is 49.7 Å². The van der Waals surface area contributed by atoms with Gasteiger partial charge in [-0.3, -0.25) is 4.99 Å². The van der Waals surface area contributed by atoms with E-state index >= 15 is 0 Å². The minimum Gasteiger partial charge on any atom is -0.317 e. The molecule has 0 N–H and O–H groups in total. The molecule has 2 atom stereocenters. The second kappa shape index (κ2) is 7.73. The molecule has 1 fully saturated rings. The van der Waals surface area contributed by atoms with Gasteiger partial charge in [-0.25, -0.2) is 8.42 Å². The van der Waals surface area contributed by atoms with E-state index in [0.29, 0.717) is 17.5 Å². The fourth-order valence-electron chi connectivity index (χ4n) is 3.60. The SMILES string of the molecule is CC(C)c1ccc(N(Cc2cccc(Cl)c2)C2=N[C@H]3CS(=O)(=O)C[C@H]3S2)cc1. The molecule has 0 radical (unpaired) electrons. The lowest BCUT2D eigenvalue weighted by Gasteiger charge is -2.25. The first-order valence-corrected chi connectivity index (χ1v) is 12.5. The van der Waals surface area contributed by atoms with Crippen LogP contribution < -0.4 is 4.90 Å². The Labute approximate surface area is 175 Å². The average molecular weight is 435 g/mol. The van der Waals surface area contributed by atoms with Crippen molar-refractivity contribution in [1.82, 2.24) is 0 Å². The first-order chi connectivity index (χ1) is 13.3. The van der Waals surface area contributed by atoms with E-state index in [4.69, 9.17) is 16.6 Å². The Morgan fingerprint density at radius 1 is 1.18 bits per heavy atom. The van der Waals surface area contributed by atoms with Crippen molar-refractivity contribution in [2.75, 3.05) is 16.4 Å². The third kappa shape index (κ3) is 4.24. The van der Waals surface area contributed by atoms with Crippen LogP contribution >= 0.6 is 23.4 Å². The number of thioether (sulfide) groups is 1. The molecule has 4 rings (SSSR count). The van der Waals surface area contributed by atoms with Crippen LogP contribution in [0.25, 0.3) is 0 Å². The number of amidine groups is 1. The molecule has 148 valence electrons. The molecule has 2 aliphatic heterocycles. The van der Waals surface area contributed by atoms with Crippen LogP contribution in [0.2, 0.25) is 5.02 Å². The molecular formula is C21H23ClN2O2S2. The molecule has 0 saturated carbocycles. The minimum absolute atomic E-state index is 0.0248. The van der Waals surface area contributed by atoms with Crippen molar-refractivity contribution < 1.29 is 8.42 Å². The Balaban J connectivity index is 1.66. The van der Waals surface area contributed by atoms with Gasteiger partial charge in [0.1, 0.15) is 0 Å². The standard InChI is InChI=1S/C21H23ClN2O2S2/c1-14(2)16-6-8-18(9-7-16)24(11-15-4-3-5-17(22)10-15)21-23-19-12-28(25,26)13-20(19)27-21/h3-10,14,19-20H,11-13H2,1-2H3/t19-,20+/m0/s1. The zero-order chi connectivity index (χ0) is 19.9. The Morgan fingerprint density at radius 2 is 1.93 bits per heavy atom. The molecule has 0 aliphatic carbocycles. The first-order valence-electron chi connectivity index (χ1n) is 9.37. The lowest BCUT2D eigenvalue weighted by molar-refractivity contribution is 0.601. The first kappa shape index (κ1) is 19.8. The summed E-state index contributed by atoms with van der Waals surface area (Å²) in [6.45, 7) is 4.99. The highest BCUT2D eigenvalue weighted by molar-refractivity contribution is 8.15. The molecule has 0 aromatic heterocycles. The van der Waals surface area contributed by atoms with Gasteiger partial charge in [-0.05, 0) is 41.3 Å². The number of rotatable bonds is 4. The van der Waals surface area contributed by atoms with Gasteiger partial charge in [0, 0.05) is 16.0 Å². The summed E-state index contributed by atoms with van der Waals surface area (Å²) in [5.41, 5.74) is 3.43. The Morgan fingerprint density at radius 3 is 2.57 bits per heavy atom. The Bertz CT molecular complexity index is 1000. The largest absolute Gasteiger partial charge is 0.317 e. The fraction of sp³-hybridized carbons (Fsp3) is 0.381. The summed E-state index contributed by atoms with van der Waals surface area (Å²) < 4.78 is 23.8. The van der Waals surface area contributed by atoms with E-state index in [0.717, 1.165) is 16.4 Å². The second-order valence-electron chi connectivity index (χ2n) is 7.67. The number of sulfone groups is 1. The number of hydrogen-bond acceptors (Lipinski definition) is 5. The monoisotopic (exact) mass is 434 g/mol. The van der Waals surface area contributed by atoms with E-state index in [1.165, 1.54) is 5.56 Å². The average Bonchev–Trinajstić information content (AvgIpc) is 3.13. The van der Waals surface area contributed by atoms with E-state index < -0.39 is 9.84 Å². The van der Waals surface area contributed by atoms with Gasteiger partial charge in [-0.15, -0.1) is 0 Å². The summed E-state index contributed by atoms with van der Waals surface area (Å²) in [4.78, 5) is 6.96. The van der Waals surface area contributed by atoms with Crippen molar-refractivity contribution in [1.29, 1.82) is 0 Å².